The number of hydrogen-bond donors (Lipinski definition) is 1. The maximum Gasteiger partial charge on any atom is 0.331 e. The van der Waals surface area contributed by atoms with Crippen molar-refractivity contribution in [1.82, 2.24) is 9.13 Å². The predicted molar refractivity (Wildman–Crippen MR) is 79.1 cm³/mol. The molecule has 2 aliphatic heterocycles. The fraction of sp³-hybridized carbons (Fsp3) is 0.438. The van der Waals surface area contributed by atoms with E-state index in [0.717, 1.165) is 5.56 Å². The summed E-state index contributed by atoms with van der Waals surface area (Å²) in [5, 5.41) is 10.5. The average molecular weight is 302 g/mol. The third kappa shape index (κ3) is 2.67. The number of aromatic nitrogens is 2. The first-order valence-corrected chi connectivity index (χ1v) is 7.50. The Labute approximate surface area is 127 Å². The third-order valence-corrected chi connectivity index (χ3v) is 4.09. The van der Waals surface area contributed by atoms with Gasteiger partial charge in [-0.2, -0.15) is 0 Å². The highest BCUT2D eigenvalue weighted by atomic mass is 16.6. The zero-order valence-corrected chi connectivity index (χ0v) is 12.1. The van der Waals surface area contributed by atoms with Crippen LogP contribution < -0.4 is 5.69 Å². The molecule has 2 aromatic rings. The van der Waals surface area contributed by atoms with E-state index in [1.54, 1.807) is 4.57 Å². The molecule has 1 aromatic heterocycles. The zero-order valence-electron chi connectivity index (χ0n) is 12.1. The lowest BCUT2D eigenvalue weighted by molar-refractivity contribution is 0.352. The summed E-state index contributed by atoms with van der Waals surface area (Å²) in [6.07, 6.45) is 0.647. The van der Waals surface area contributed by atoms with Gasteiger partial charge in [-0.3, -0.25) is 9.13 Å². The lowest BCUT2D eigenvalue weighted by Crippen LogP contribution is -2.28. The number of epoxide rings is 2. The first kappa shape index (κ1) is 13.6. The Kier molecular flexibility index (Phi) is 3.28. The second-order valence-electron chi connectivity index (χ2n) is 5.85. The number of benzene rings is 1. The first-order chi connectivity index (χ1) is 10.7. The number of imidazole rings is 1. The molecule has 0 aliphatic carbocycles. The van der Waals surface area contributed by atoms with Crippen LogP contribution in [0.1, 0.15) is 11.3 Å². The van der Waals surface area contributed by atoms with E-state index >= 15 is 0 Å². The highest BCUT2D eigenvalue weighted by molar-refractivity contribution is 5.29. The maximum absolute atomic E-state index is 12.6. The second-order valence-corrected chi connectivity index (χ2v) is 5.85. The van der Waals surface area contributed by atoms with Crippen molar-refractivity contribution in [2.45, 2.75) is 31.7 Å². The molecule has 2 unspecified atom stereocenters. The van der Waals surface area contributed by atoms with E-state index in [1.807, 2.05) is 30.3 Å². The van der Waals surface area contributed by atoms with Gasteiger partial charge < -0.3 is 14.6 Å². The molecular formula is C16H18N2O4. The number of hydrogen-bond acceptors (Lipinski definition) is 4. The van der Waals surface area contributed by atoms with E-state index in [1.165, 1.54) is 4.57 Å². The Bertz CT molecular complexity index is 727. The van der Waals surface area contributed by atoms with Crippen molar-refractivity contribution in [3.8, 4) is 5.88 Å². The standard InChI is InChI=1S/C16H18N2O4/c19-15-14(6-11-4-2-1-3-5-11)17(7-12-9-21-12)16(20)18(15)8-13-10-22-13/h1-5,12-13,19H,6-10H2. The normalized spacial score (nSPS) is 22.7. The van der Waals surface area contributed by atoms with Gasteiger partial charge in [0.1, 0.15) is 0 Å². The smallest absolute Gasteiger partial charge is 0.331 e. The fourth-order valence-electron chi connectivity index (χ4n) is 2.70. The van der Waals surface area contributed by atoms with Crippen molar-refractivity contribution >= 4 is 0 Å². The van der Waals surface area contributed by atoms with E-state index in [-0.39, 0.29) is 23.8 Å². The molecule has 0 spiro atoms. The lowest BCUT2D eigenvalue weighted by Gasteiger charge is -2.06. The Morgan fingerprint density at radius 3 is 2.23 bits per heavy atom. The summed E-state index contributed by atoms with van der Waals surface area (Å²) >= 11 is 0. The quantitative estimate of drug-likeness (QED) is 0.799. The zero-order chi connectivity index (χ0) is 15.1. The van der Waals surface area contributed by atoms with E-state index in [9.17, 15) is 9.90 Å². The molecule has 0 amide bonds. The van der Waals surface area contributed by atoms with Gasteiger partial charge >= 0.3 is 5.69 Å². The maximum atomic E-state index is 12.6. The topological polar surface area (TPSA) is 72.2 Å². The van der Waals surface area contributed by atoms with E-state index < -0.39 is 0 Å². The number of aromatic hydroxyl groups is 1. The van der Waals surface area contributed by atoms with Crippen molar-refractivity contribution < 1.29 is 14.6 Å². The van der Waals surface area contributed by atoms with E-state index in [4.69, 9.17) is 9.47 Å². The van der Waals surface area contributed by atoms with Crippen LogP contribution in [0.5, 0.6) is 5.88 Å². The molecule has 6 heteroatoms. The molecule has 1 N–H and O–H groups in total. The van der Waals surface area contributed by atoms with Gasteiger partial charge in [0.25, 0.3) is 0 Å². The van der Waals surface area contributed by atoms with Crippen LogP contribution in [0.4, 0.5) is 0 Å². The summed E-state index contributed by atoms with van der Waals surface area (Å²) in [5.41, 5.74) is 1.52. The summed E-state index contributed by atoms with van der Waals surface area (Å²) < 4.78 is 13.5. The summed E-state index contributed by atoms with van der Waals surface area (Å²) in [6.45, 7) is 2.23. The third-order valence-electron chi connectivity index (χ3n) is 4.09. The molecule has 22 heavy (non-hydrogen) atoms. The van der Waals surface area contributed by atoms with Crippen LogP contribution in [-0.4, -0.2) is 39.7 Å². The molecule has 6 nitrogen and oxygen atoms in total. The van der Waals surface area contributed by atoms with Gasteiger partial charge in [0.2, 0.25) is 5.88 Å². The van der Waals surface area contributed by atoms with Crippen LogP contribution in [0.25, 0.3) is 0 Å². The Balaban J connectivity index is 1.71. The molecule has 4 rings (SSSR count). The largest absolute Gasteiger partial charge is 0.493 e. The fourth-order valence-corrected chi connectivity index (χ4v) is 2.70. The van der Waals surface area contributed by atoms with Gasteiger partial charge in [0.05, 0.1) is 44.2 Å². The van der Waals surface area contributed by atoms with Crippen molar-refractivity contribution in [3.63, 3.8) is 0 Å². The predicted octanol–water partition coefficient (Wildman–Crippen LogP) is 0.744. The van der Waals surface area contributed by atoms with Gasteiger partial charge in [-0.15, -0.1) is 0 Å². The van der Waals surface area contributed by atoms with Gasteiger partial charge in [-0.1, -0.05) is 30.3 Å². The molecule has 116 valence electrons. The highest BCUT2D eigenvalue weighted by Gasteiger charge is 2.31. The molecule has 0 radical (unpaired) electrons. The van der Waals surface area contributed by atoms with Gasteiger partial charge in [-0.25, -0.2) is 4.79 Å². The van der Waals surface area contributed by atoms with E-state index in [0.29, 0.717) is 38.4 Å². The molecule has 1 aromatic carbocycles. The molecule has 2 fully saturated rings. The van der Waals surface area contributed by atoms with Gasteiger partial charge in [-0.05, 0) is 5.56 Å². The molecule has 2 saturated heterocycles. The van der Waals surface area contributed by atoms with E-state index in [2.05, 4.69) is 0 Å². The van der Waals surface area contributed by atoms with Crippen LogP contribution in [0, 0.1) is 0 Å². The summed E-state index contributed by atoms with van der Waals surface area (Å²) in [6, 6.07) is 9.83. The lowest BCUT2D eigenvalue weighted by atomic mass is 10.1. The minimum absolute atomic E-state index is 0.0428. The molecule has 0 saturated carbocycles. The number of ether oxygens (including phenoxy) is 2. The molecule has 2 aliphatic rings. The number of nitrogens with zero attached hydrogens (tertiary/aromatic N) is 2. The summed E-state index contributed by atoms with van der Waals surface area (Å²) in [5.74, 6) is 0.0463. The number of rotatable bonds is 6. The van der Waals surface area contributed by atoms with Crippen LogP contribution in [0.3, 0.4) is 0 Å². The first-order valence-electron chi connectivity index (χ1n) is 7.50. The average Bonchev–Trinajstić information content (AvgIpc) is 3.43. The SMILES string of the molecule is O=c1n(CC2CO2)c(O)c(Cc2ccccc2)n1CC1CO1. The van der Waals surface area contributed by atoms with Gasteiger partial charge in [0, 0.05) is 6.42 Å². The van der Waals surface area contributed by atoms with Crippen LogP contribution >= 0.6 is 0 Å². The Morgan fingerprint density at radius 2 is 1.64 bits per heavy atom. The van der Waals surface area contributed by atoms with Crippen molar-refractivity contribution in [3.05, 3.63) is 52.1 Å². The molecule has 0 bridgehead atoms. The molecule has 2 atom stereocenters. The monoisotopic (exact) mass is 302 g/mol. The second kappa shape index (κ2) is 5.30. The summed E-state index contributed by atoms with van der Waals surface area (Å²) in [4.78, 5) is 12.6. The minimum atomic E-state index is -0.186. The summed E-state index contributed by atoms with van der Waals surface area (Å²) in [7, 11) is 0. The van der Waals surface area contributed by atoms with Crippen molar-refractivity contribution in [2.24, 2.45) is 0 Å². The van der Waals surface area contributed by atoms with Crippen LogP contribution in [0.2, 0.25) is 0 Å². The van der Waals surface area contributed by atoms with Crippen molar-refractivity contribution in [1.29, 1.82) is 0 Å². The van der Waals surface area contributed by atoms with Crippen molar-refractivity contribution in [2.75, 3.05) is 13.2 Å². The Hall–Kier alpha value is -2.05. The van der Waals surface area contributed by atoms with Crippen LogP contribution in [-0.2, 0) is 29.0 Å². The molecule has 3 heterocycles. The highest BCUT2D eigenvalue weighted by Crippen LogP contribution is 2.24. The van der Waals surface area contributed by atoms with Gasteiger partial charge in [0.15, 0.2) is 0 Å². The molecular weight excluding hydrogens is 284 g/mol. The van der Waals surface area contributed by atoms with Crippen LogP contribution in [0.15, 0.2) is 35.1 Å². The Morgan fingerprint density at radius 1 is 1.05 bits per heavy atom. The minimum Gasteiger partial charge on any atom is -0.493 e.